The maximum Gasteiger partial charge on any atom is 0.433 e. The zero-order valence-electron chi connectivity index (χ0n) is 7.34. The van der Waals surface area contributed by atoms with Crippen molar-refractivity contribution in [3.8, 4) is 0 Å². The van der Waals surface area contributed by atoms with Gasteiger partial charge in [-0.1, -0.05) is 6.07 Å². The van der Waals surface area contributed by atoms with Crippen LogP contribution in [0, 0.1) is 0 Å². The summed E-state index contributed by atoms with van der Waals surface area (Å²) in [6, 6.07) is 3.58. The average molecular weight is 203 g/mol. The van der Waals surface area contributed by atoms with E-state index in [-0.39, 0.29) is 11.4 Å². The molecule has 0 aromatic carbocycles. The molecule has 1 aromatic heterocycles. The molecule has 0 unspecified atom stereocenters. The minimum absolute atomic E-state index is 0.127. The Kier molecular flexibility index (Phi) is 2.73. The summed E-state index contributed by atoms with van der Waals surface area (Å²) in [5.74, 6) is 4.93. The zero-order valence-corrected chi connectivity index (χ0v) is 7.34. The average Bonchev–Trinajstić information content (AvgIpc) is 2.15. The fourth-order valence-electron chi connectivity index (χ4n) is 0.860. The predicted octanol–water partition coefficient (Wildman–Crippen LogP) is 1.78. The number of hydrogen-bond acceptors (Lipinski definition) is 3. The van der Waals surface area contributed by atoms with E-state index in [9.17, 15) is 13.2 Å². The minimum atomic E-state index is -4.44. The van der Waals surface area contributed by atoms with Crippen molar-refractivity contribution in [3.05, 3.63) is 29.6 Å². The summed E-state index contributed by atoms with van der Waals surface area (Å²) in [7, 11) is 0. The van der Waals surface area contributed by atoms with Gasteiger partial charge in [-0.25, -0.2) is 4.98 Å². The van der Waals surface area contributed by atoms with E-state index in [1.165, 1.54) is 19.1 Å². The van der Waals surface area contributed by atoms with Crippen LogP contribution in [0.3, 0.4) is 0 Å². The second-order valence-electron chi connectivity index (χ2n) is 2.62. The van der Waals surface area contributed by atoms with Crippen molar-refractivity contribution in [2.24, 2.45) is 10.9 Å². The molecule has 3 nitrogen and oxygen atoms in total. The molecule has 14 heavy (non-hydrogen) atoms. The molecular weight excluding hydrogens is 195 g/mol. The molecule has 1 aromatic rings. The summed E-state index contributed by atoms with van der Waals surface area (Å²) in [6.45, 7) is 1.49. The fourth-order valence-corrected chi connectivity index (χ4v) is 0.860. The lowest BCUT2D eigenvalue weighted by molar-refractivity contribution is -0.141. The van der Waals surface area contributed by atoms with Crippen LogP contribution in [-0.4, -0.2) is 10.7 Å². The van der Waals surface area contributed by atoms with Crippen LogP contribution in [0.2, 0.25) is 0 Å². The van der Waals surface area contributed by atoms with Crippen LogP contribution in [-0.2, 0) is 6.18 Å². The summed E-state index contributed by atoms with van der Waals surface area (Å²) >= 11 is 0. The highest BCUT2D eigenvalue weighted by molar-refractivity contribution is 5.96. The van der Waals surface area contributed by atoms with Gasteiger partial charge in [-0.15, -0.1) is 0 Å². The number of hydrazone groups is 1. The largest absolute Gasteiger partial charge is 0.433 e. The predicted molar refractivity (Wildman–Crippen MR) is 45.6 cm³/mol. The van der Waals surface area contributed by atoms with Crippen LogP contribution >= 0.6 is 0 Å². The summed E-state index contributed by atoms with van der Waals surface area (Å²) in [5, 5.41) is 3.27. The maximum atomic E-state index is 12.2. The Hall–Kier alpha value is -1.59. The van der Waals surface area contributed by atoms with Crippen molar-refractivity contribution in [1.29, 1.82) is 0 Å². The quantitative estimate of drug-likeness (QED) is 0.429. The number of rotatable bonds is 1. The molecule has 6 heteroatoms. The molecular formula is C8H8F3N3. The van der Waals surface area contributed by atoms with Gasteiger partial charge in [-0.2, -0.15) is 18.3 Å². The van der Waals surface area contributed by atoms with Crippen molar-refractivity contribution in [2.75, 3.05) is 0 Å². The van der Waals surface area contributed by atoms with E-state index in [1.807, 2.05) is 0 Å². The van der Waals surface area contributed by atoms with E-state index in [1.54, 1.807) is 0 Å². The lowest BCUT2D eigenvalue weighted by Gasteiger charge is -2.06. The van der Waals surface area contributed by atoms with E-state index in [2.05, 4.69) is 10.1 Å². The van der Waals surface area contributed by atoms with Gasteiger partial charge < -0.3 is 5.84 Å². The first-order chi connectivity index (χ1) is 6.45. The normalized spacial score (nSPS) is 13.0. The second kappa shape index (κ2) is 3.65. The van der Waals surface area contributed by atoms with Gasteiger partial charge in [0.2, 0.25) is 0 Å². The van der Waals surface area contributed by atoms with Crippen LogP contribution in [0.5, 0.6) is 0 Å². The molecule has 1 heterocycles. The number of aromatic nitrogens is 1. The fraction of sp³-hybridized carbons (Fsp3) is 0.250. The van der Waals surface area contributed by atoms with E-state index in [4.69, 9.17) is 5.84 Å². The molecule has 1 rings (SSSR count). The van der Waals surface area contributed by atoms with Crippen LogP contribution < -0.4 is 5.84 Å². The van der Waals surface area contributed by atoms with Gasteiger partial charge in [0.1, 0.15) is 5.69 Å². The molecule has 0 aliphatic carbocycles. The summed E-state index contributed by atoms with van der Waals surface area (Å²) in [5.41, 5.74) is -0.559. The molecule has 0 saturated heterocycles. The van der Waals surface area contributed by atoms with Gasteiger partial charge in [0.05, 0.1) is 11.4 Å². The Morgan fingerprint density at radius 1 is 1.43 bits per heavy atom. The minimum Gasteiger partial charge on any atom is -0.323 e. The van der Waals surface area contributed by atoms with Crippen molar-refractivity contribution in [3.63, 3.8) is 0 Å². The van der Waals surface area contributed by atoms with E-state index in [0.717, 1.165) is 6.07 Å². The van der Waals surface area contributed by atoms with Crippen molar-refractivity contribution >= 4 is 5.71 Å². The Morgan fingerprint density at radius 3 is 2.57 bits per heavy atom. The van der Waals surface area contributed by atoms with Crippen LogP contribution in [0.15, 0.2) is 23.3 Å². The lowest BCUT2D eigenvalue weighted by Crippen LogP contribution is -2.11. The highest BCUT2D eigenvalue weighted by atomic mass is 19.4. The Morgan fingerprint density at radius 2 is 2.07 bits per heavy atom. The highest BCUT2D eigenvalue weighted by Crippen LogP contribution is 2.27. The molecule has 0 atom stereocenters. The molecule has 2 N–H and O–H groups in total. The van der Waals surface area contributed by atoms with E-state index >= 15 is 0 Å². The lowest BCUT2D eigenvalue weighted by atomic mass is 10.2. The number of halogens is 3. The van der Waals surface area contributed by atoms with Gasteiger partial charge >= 0.3 is 6.18 Å². The van der Waals surface area contributed by atoms with Gasteiger partial charge in [0.15, 0.2) is 0 Å². The molecule has 0 saturated carbocycles. The molecule has 76 valence electrons. The zero-order chi connectivity index (χ0) is 10.8. The number of nitrogens with zero attached hydrogens (tertiary/aromatic N) is 2. The first-order valence-electron chi connectivity index (χ1n) is 3.74. The summed E-state index contributed by atoms with van der Waals surface area (Å²) in [4.78, 5) is 3.38. The van der Waals surface area contributed by atoms with Crippen LogP contribution in [0.4, 0.5) is 13.2 Å². The number of hydrogen-bond donors (Lipinski definition) is 1. The maximum absolute atomic E-state index is 12.2. The summed E-state index contributed by atoms with van der Waals surface area (Å²) in [6.07, 6.45) is -4.44. The van der Waals surface area contributed by atoms with Crippen molar-refractivity contribution in [2.45, 2.75) is 13.1 Å². The van der Waals surface area contributed by atoms with E-state index < -0.39 is 11.9 Å². The molecule has 0 bridgehead atoms. The molecule has 0 radical (unpaired) electrons. The van der Waals surface area contributed by atoms with Crippen molar-refractivity contribution < 1.29 is 13.2 Å². The van der Waals surface area contributed by atoms with Crippen molar-refractivity contribution in [1.82, 2.24) is 4.98 Å². The molecule has 0 aliphatic rings. The van der Waals surface area contributed by atoms with Gasteiger partial charge in [-0.05, 0) is 19.1 Å². The molecule has 0 fully saturated rings. The molecule has 0 aliphatic heterocycles. The first-order valence-corrected chi connectivity index (χ1v) is 3.74. The third-order valence-electron chi connectivity index (χ3n) is 1.60. The van der Waals surface area contributed by atoms with Gasteiger partial charge in [0.25, 0.3) is 0 Å². The number of alkyl halides is 3. The summed E-state index contributed by atoms with van der Waals surface area (Å²) < 4.78 is 36.6. The number of nitrogens with two attached hydrogens (primary N) is 1. The van der Waals surface area contributed by atoms with E-state index in [0.29, 0.717) is 0 Å². The monoisotopic (exact) mass is 203 g/mol. The highest BCUT2D eigenvalue weighted by Gasteiger charge is 2.32. The molecule has 0 spiro atoms. The molecule has 0 amide bonds. The Labute approximate surface area is 78.4 Å². The standard InChI is InChI=1S/C8H8F3N3/c1-5(14-12)6-3-2-4-7(13-6)8(9,10)11/h2-4H,12H2,1H3/b14-5+. The van der Waals surface area contributed by atoms with Gasteiger partial charge in [0, 0.05) is 0 Å². The third kappa shape index (κ3) is 2.21. The Bertz CT molecular complexity index is 357. The second-order valence-corrected chi connectivity index (χ2v) is 2.62. The van der Waals surface area contributed by atoms with Gasteiger partial charge in [-0.3, -0.25) is 0 Å². The first kappa shape index (κ1) is 10.5. The smallest absolute Gasteiger partial charge is 0.323 e. The number of pyridine rings is 1. The van der Waals surface area contributed by atoms with Crippen LogP contribution in [0.1, 0.15) is 18.3 Å². The third-order valence-corrected chi connectivity index (χ3v) is 1.60. The Balaban J connectivity index is 3.14. The topological polar surface area (TPSA) is 51.3 Å². The van der Waals surface area contributed by atoms with Crippen LogP contribution in [0.25, 0.3) is 0 Å². The SMILES string of the molecule is C/C(=N\N)c1cccc(C(F)(F)F)n1.